The number of carbonyl (C=O) groups excluding carboxylic acids is 1. The van der Waals surface area contributed by atoms with Gasteiger partial charge in [-0.1, -0.05) is 31.9 Å². The summed E-state index contributed by atoms with van der Waals surface area (Å²) in [5, 5.41) is 3.01. The number of nitrogens with two attached hydrogens (primary N) is 1. The van der Waals surface area contributed by atoms with Crippen LogP contribution in [0.1, 0.15) is 38.8 Å². The van der Waals surface area contributed by atoms with Gasteiger partial charge in [-0.3, -0.25) is 4.79 Å². The molecule has 0 bridgehead atoms. The van der Waals surface area contributed by atoms with Crippen LogP contribution in [0.25, 0.3) is 0 Å². The van der Waals surface area contributed by atoms with Crippen LogP contribution in [0, 0.1) is 11.8 Å². The van der Waals surface area contributed by atoms with Gasteiger partial charge in [0.15, 0.2) is 0 Å². The van der Waals surface area contributed by atoms with E-state index in [0.29, 0.717) is 0 Å². The molecule has 0 aromatic heterocycles. The van der Waals surface area contributed by atoms with Crippen molar-refractivity contribution in [3.63, 3.8) is 0 Å². The fourth-order valence-electron chi connectivity index (χ4n) is 1.55. The maximum absolute atomic E-state index is 11.3. The first kappa shape index (κ1) is 20.7. The first-order chi connectivity index (χ1) is 9.67. The summed E-state index contributed by atoms with van der Waals surface area (Å²) in [7, 11) is 3.31. The van der Waals surface area contributed by atoms with E-state index in [2.05, 4.69) is 22.9 Å². The van der Waals surface area contributed by atoms with Gasteiger partial charge in [0.2, 0.25) is 0 Å². The topological polar surface area (TPSA) is 55.1 Å². The van der Waals surface area contributed by atoms with E-state index >= 15 is 0 Å². The first-order valence-corrected chi connectivity index (χ1v) is 6.94. The van der Waals surface area contributed by atoms with Crippen LogP contribution in [0.4, 0.5) is 0 Å². The maximum atomic E-state index is 11.3. The molecule has 0 heterocycles. The van der Waals surface area contributed by atoms with E-state index in [1.165, 1.54) is 7.05 Å². The van der Waals surface area contributed by atoms with Crippen LogP contribution in [-0.4, -0.2) is 25.9 Å². The van der Waals surface area contributed by atoms with Gasteiger partial charge in [0, 0.05) is 5.56 Å². The highest BCUT2D eigenvalue weighted by Crippen LogP contribution is 2.06. The zero-order valence-electron chi connectivity index (χ0n) is 13.6. The van der Waals surface area contributed by atoms with Gasteiger partial charge in [0.1, 0.15) is 5.78 Å². The molecule has 1 rings (SSSR count). The minimum absolute atomic E-state index is 0.0943. The van der Waals surface area contributed by atoms with Crippen LogP contribution < -0.4 is 11.1 Å². The molecule has 0 spiro atoms. The number of ketones is 1. The Hall–Kier alpha value is -1.63. The van der Waals surface area contributed by atoms with Crippen molar-refractivity contribution in [3.05, 3.63) is 35.4 Å². The highest BCUT2D eigenvalue weighted by Gasteiger charge is 2.11. The second kappa shape index (κ2) is 13.8. The Morgan fingerprint density at radius 2 is 1.75 bits per heavy atom. The van der Waals surface area contributed by atoms with Crippen molar-refractivity contribution in [2.45, 2.75) is 40.2 Å². The molecule has 20 heavy (non-hydrogen) atoms. The summed E-state index contributed by atoms with van der Waals surface area (Å²) < 4.78 is 0. The second-order valence-corrected chi connectivity index (χ2v) is 3.73. The molecule has 3 N–H and O–H groups in total. The number of likely N-dealkylation sites (N-methyl/N-ethyl adjacent to an activating group) is 1. The SMILES string of the molecule is CC.CC#Cc1ccc(C[C@H](NC)C(C)=O)cc1.CN. The number of hydrogen-bond acceptors (Lipinski definition) is 3. The van der Waals surface area contributed by atoms with E-state index in [0.717, 1.165) is 17.5 Å². The quantitative estimate of drug-likeness (QED) is 0.830. The van der Waals surface area contributed by atoms with Crippen LogP contribution in [-0.2, 0) is 11.2 Å². The molecule has 0 aliphatic heterocycles. The third-order valence-electron chi connectivity index (χ3n) is 2.50. The second-order valence-electron chi connectivity index (χ2n) is 3.73. The van der Waals surface area contributed by atoms with Crippen molar-refractivity contribution in [2.24, 2.45) is 5.73 Å². The summed E-state index contributed by atoms with van der Waals surface area (Å²) >= 11 is 0. The molecule has 0 aliphatic rings. The monoisotopic (exact) mass is 276 g/mol. The Morgan fingerprint density at radius 1 is 1.25 bits per heavy atom. The Bertz CT molecular complexity index is 413. The van der Waals surface area contributed by atoms with E-state index in [4.69, 9.17) is 0 Å². The minimum atomic E-state index is -0.0943. The van der Waals surface area contributed by atoms with Crippen molar-refractivity contribution >= 4 is 5.78 Å². The van der Waals surface area contributed by atoms with Crippen LogP contribution in [0.2, 0.25) is 0 Å². The van der Waals surface area contributed by atoms with Gasteiger partial charge in [-0.25, -0.2) is 0 Å². The Morgan fingerprint density at radius 3 is 2.10 bits per heavy atom. The zero-order chi connectivity index (χ0) is 16.0. The molecule has 0 unspecified atom stereocenters. The van der Waals surface area contributed by atoms with E-state index in [9.17, 15) is 4.79 Å². The van der Waals surface area contributed by atoms with Crippen LogP contribution >= 0.6 is 0 Å². The molecular formula is C17H28N2O. The lowest BCUT2D eigenvalue weighted by molar-refractivity contribution is -0.118. The number of Topliss-reactive ketones (excluding diaryl/α,β-unsaturated/α-hetero) is 1. The number of hydrogen-bond donors (Lipinski definition) is 2. The summed E-state index contributed by atoms with van der Waals surface area (Å²) in [4.78, 5) is 11.3. The molecule has 1 atom stereocenters. The van der Waals surface area contributed by atoms with E-state index in [-0.39, 0.29) is 11.8 Å². The van der Waals surface area contributed by atoms with Gasteiger partial charge in [0.25, 0.3) is 0 Å². The van der Waals surface area contributed by atoms with Gasteiger partial charge >= 0.3 is 0 Å². The zero-order valence-corrected chi connectivity index (χ0v) is 13.6. The molecule has 1 aromatic rings. The van der Waals surface area contributed by atoms with Gasteiger partial charge < -0.3 is 11.1 Å². The molecule has 112 valence electrons. The lowest BCUT2D eigenvalue weighted by Crippen LogP contribution is -2.34. The molecule has 0 fully saturated rings. The maximum Gasteiger partial charge on any atom is 0.147 e. The summed E-state index contributed by atoms with van der Waals surface area (Å²) in [6.07, 6.45) is 0.728. The highest BCUT2D eigenvalue weighted by molar-refractivity contribution is 5.81. The molecule has 0 aliphatic carbocycles. The fourth-order valence-corrected chi connectivity index (χ4v) is 1.55. The number of rotatable bonds is 4. The number of benzene rings is 1. The van der Waals surface area contributed by atoms with Gasteiger partial charge in [-0.2, -0.15) is 0 Å². The molecule has 0 radical (unpaired) electrons. The third-order valence-corrected chi connectivity index (χ3v) is 2.50. The third kappa shape index (κ3) is 8.47. The van der Waals surface area contributed by atoms with Gasteiger partial charge in [-0.05, 0) is 52.1 Å². The van der Waals surface area contributed by atoms with E-state index in [1.54, 1.807) is 6.92 Å². The van der Waals surface area contributed by atoms with E-state index in [1.807, 2.05) is 52.1 Å². The fraction of sp³-hybridized carbons (Fsp3) is 0.471. The Balaban J connectivity index is 0. The summed E-state index contributed by atoms with van der Waals surface area (Å²) in [6.45, 7) is 7.43. The smallest absolute Gasteiger partial charge is 0.147 e. The largest absolute Gasteiger partial charge is 0.333 e. The predicted molar refractivity (Wildman–Crippen MR) is 87.7 cm³/mol. The van der Waals surface area contributed by atoms with Crippen molar-refractivity contribution < 1.29 is 4.79 Å². The van der Waals surface area contributed by atoms with Crippen molar-refractivity contribution in [1.82, 2.24) is 5.32 Å². The van der Waals surface area contributed by atoms with Crippen LogP contribution in [0.3, 0.4) is 0 Å². The highest BCUT2D eigenvalue weighted by atomic mass is 16.1. The van der Waals surface area contributed by atoms with Crippen molar-refractivity contribution in [1.29, 1.82) is 0 Å². The Kier molecular flexibility index (Phi) is 14.3. The average Bonchev–Trinajstić information content (AvgIpc) is 2.50. The number of carbonyl (C=O) groups is 1. The Labute approximate surface area is 124 Å². The van der Waals surface area contributed by atoms with Crippen molar-refractivity contribution in [3.8, 4) is 11.8 Å². The van der Waals surface area contributed by atoms with Gasteiger partial charge in [0.05, 0.1) is 6.04 Å². The number of nitrogens with one attached hydrogen (secondary N) is 1. The minimum Gasteiger partial charge on any atom is -0.333 e. The van der Waals surface area contributed by atoms with Crippen LogP contribution in [0.15, 0.2) is 24.3 Å². The van der Waals surface area contributed by atoms with Crippen LogP contribution in [0.5, 0.6) is 0 Å². The molecule has 1 aromatic carbocycles. The predicted octanol–water partition coefficient (Wildman–Crippen LogP) is 2.38. The van der Waals surface area contributed by atoms with E-state index < -0.39 is 0 Å². The molecule has 0 saturated carbocycles. The molecule has 0 amide bonds. The molecule has 3 heteroatoms. The summed E-state index contributed by atoms with van der Waals surface area (Å²) in [6, 6.07) is 7.92. The summed E-state index contributed by atoms with van der Waals surface area (Å²) in [5.74, 6) is 6.02. The lowest BCUT2D eigenvalue weighted by atomic mass is 10.0. The standard InChI is InChI=1S/C14H17NO.C2H6.CH5N/c1-4-5-12-6-8-13(9-7-12)10-14(15-3)11(2)16;2*1-2/h6-9,14-15H,10H2,1-3H3;1-2H3;2H2,1H3/t14-;;/m0../s1. The van der Waals surface area contributed by atoms with Crippen molar-refractivity contribution in [2.75, 3.05) is 14.1 Å². The lowest BCUT2D eigenvalue weighted by Gasteiger charge is -2.12. The van der Waals surface area contributed by atoms with Gasteiger partial charge in [-0.15, -0.1) is 5.92 Å². The molecular weight excluding hydrogens is 248 g/mol. The average molecular weight is 276 g/mol. The molecule has 3 nitrogen and oxygen atoms in total. The summed E-state index contributed by atoms with van der Waals surface area (Å²) in [5.41, 5.74) is 6.66. The normalized spacial score (nSPS) is 9.75. The molecule has 0 saturated heterocycles. The first-order valence-electron chi connectivity index (χ1n) is 6.94.